The molecule has 6 heteroatoms. The number of ketones is 2. The minimum Gasteiger partial charge on any atom is -0.497 e. The Bertz CT molecular complexity index is 979. The van der Waals surface area contributed by atoms with E-state index in [1.54, 1.807) is 14.0 Å². The highest BCUT2D eigenvalue weighted by Crippen LogP contribution is 2.31. The van der Waals surface area contributed by atoms with Gasteiger partial charge in [0.15, 0.2) is 5.78 Å². The van der Waals surface area contributed by atoms with Gasteiger partial charge in [-0.15, -0.1) is 0 Å². The number of carbonyl (C=O) groups is 2. The molecule has 140 valence electrons. The van der Waals surface area contributed by atoms with E-state index in [1.165, 1.54) is 11.8 Å². The quantitative estimate of drug-likeness (QED) is 0.531. The highest BCUT2D eigenvalue weighted by Gasteiger charge is 2.22. The first-order chi connectivity index (χ1) is 12.9. The molecule has 0 N–H and O–H groups in total. The summed E-state index contributed by atoms with van der Waals surface area (Å²) in [4.78, 5) is 33.1. The van der Waals surface area contributed by atoms with E-state index in [0.717, 1.165) is 32.8 Å². The fourth-order valence-electron chi connectivity index (χ4n) is 2.95. The van der Waals surface area contributed by atoms with Crippen LogP contribution in [0.5, 0.6) is 5.75 Å². The van der Waals surface area contributed by atoms with Crippen molar-refractivity contribution in [2.45, 2.75) is 32.2 Å². The molecule has 1 aromatic carbocycles. The fourth-order valence-corrected chi connectivity index (χ4v) is 3.92. The van der Waals surface area contributed by atoms with Gasteiger partial charge in [-0.3, -0.25) is 9.59 Å². The molecule has 1 aliphatic carbocycles. The van der Waals surface area contributed by atoms with Crippen molar-refractivity contribution in [1.82, 2.24) is 9.97 Å². The fraction of sp³-hybridized carbons (Fsp3) is 0.333. The second-order valence-corrected chi connectivity index (χ2v) is 7.58. The van der Waals surface area contributed by atoms with Gasteiger partial charge in [0.1, 0.15) is 22.4 Å². The Morgan fingerprint density at radius 3 is 2.74 bits per heavy atom. The maximum atomic E-state index is 12.6. The molecule has 5 nitrogen and oxygen atoms in total. The third-order valence-corrected chi connectivity index (χ3v) is 5.73. The normalized spacial score (nSPS) is 14.7. The first-order valence-electron chi connectivity index (χ1n) is 8.77. The van der Waals surface area contributed by atoms with Gasteiger partial charge < -0.3 is 4.74 Å². The summed E-state index contributed by atoms with van der Waals surface area (Å²) in [5, 5.41) is 1.65. The lowest BCUT2D eigenvalue weighted by Crippen LogP contribution is -2.11. The maximum Gasteiger partial charge on any atom is 0.169 e. The summed E-state index contributed by atoms with van der Waals surface area (Å²) in [6.45, 7) is 5.31. The van der Waals surface area contributed by atoms with E-state index in [1.807, 2.05) is 44.2 Å². The molecule has 0 fully saturated rings. The number of aryl methyl sites for hydroxylation is 1. The van der Waals surface area contributed by atoms with Crippen LogP contribution in [0.3, 0.4) is 0 Å². The number of methoxy groups -OCH3 is 1. The van der Waals surface area contributed by atoms with Crippen LogP contribution in [-0.2, 0) is 9.59 Å². The van der Waals surface area contributed by atoms with Crippen molar-refractivity contribution in [2.24, 2.45) is 5.92 Å². The van der Waals surface area contributed by atoms with Gasteiger partial charge in [0.05, 0.1) is 18.4 Å². The zero-order valence-corrected chi connectivity index (χ0v) is 16.7. The van der Waals surface area contributed by atoms with Gasteiger partial charge in [0, 0.05) is 16.9 Å². The van der Waals surface area contributed by atoms with Crippen LogP contribution in [0.4, 0.5) is 0 Å². The molecule has 0 radical (unpaired) electrons. The minimum absolute atomic E-state index is 0.0642. The van der Waals surface area contributed by atoms with Crippen LogP contribution in [0.15, 0.2) is 46.5 Å². The number of allylic oxidation sites excluding steroid dienone is 4. The molecular weight excluding hydrogens is 360 g/mol. The average molecular weight is 382 g/mol. The van der Waals surface area contributed by atoms with Gasteiger partial charge in [-0.2, -0.15) is 0 Å². The molecule has 0 spiro atoms. The summed E-state index contributed by atoms with van der Waals surface area (Å²) in [6.07, 6.45) is 4.29. The summed E-state index contributed by atoms with van der Waals surface area (Å²) < 4.78 is 5.29. The number of carbonyl (C=O) groups excluding carboxylic acids is 2. The standard InChI is InChI=1S/C21H22N2O3S/c1-12(13(2)24)15-5-6-16(9-15)20(25)11-27-21-18-10-17(26-4)7-8-19(18)22-14(3)23-21/h5-8,10,12H,9,11H2,1-4H3. The summed E-state index contributed by atoms with van der Waals surface area (Å²) in [6, 6.07) is 5.65. The Morgan fingerprint density at radius 2 is 2.04 bits per heavy atom. The molecule has 27 heavy (non-hydrogen) atoms. The number of rotatable bonds is 7. The predicted octanol–water partition coefficient (Wildman–Crippen LogP) is 4.09. The lowest BCUT2D eigenvalue weighted by Gasteiger charge is -2.11. The molecule has 1 aromatic heterocycles. The minimum atomic E-state index is -0.139. The molecule has 3 rings (SSSR count). The van der Waals surface area contributed by atoms with Crippen molar-refractivity contribution in [3.63, 3.8) is 0 Å². The Balaban J connectivity index is 1.72. The van der Waals surface area contributed by atoms with Crippen LogP contribution in [0.25, 0.3) is 10.9 Å². The van der Waals surface area contributed by atoms with Crippen LogP contribution in [0.2, 0.25) is 0 Å². The molecule has 1 unspecified atom stereocenters. The number of fused-ring (bicyclic) bond motifs is 1. The highest BCUT2D eigenvalue weighted by molar-refractivity contribution is 8.00. The van der Waals surface area contributed by atoms with E-state index < -0.39 is 0 Å². The first kappa shape index (κ1) is 19.3. The van der Waals surface area contributed by atoms with Gasteiger partial charge in [-0.05, 0) is 38.5 Å². The summed E-state index contributed by atoms with van der Waals surface area (Å²) in [7, 11) is 1.62. The lowest BCUT2D eigenvalue weighted by atomic mass is 9.94. The zero-order valence-electron chi connectivity index (χ0n) is 15.9. The van der Waals surface area contributed by atoms with Crippen molar-refractivity contribution in [1.29, 1.82) is 0 Å². The average Bonchev–Trinajstić information content (AvgIpc) is 3.14. The van der Waals surface area contributed by atoms with E-state index in [0.29, 0.717) is 18.0 Å². The number of hydrogen-bond acceptors (Lipinski definition) is 6. The van der Waals surface area contributed by atoms with E-state index in [2.05, 4.69) is 9.97 Å². The van der Waals surface area contributed by atoms with Crippen molar-refractivity contribution < 1.29 is 14.3 Å². The van der Waals surface area contributed by atoms with Gasteiger partial charge in [0.2, 0.25) is 0 Å². The molecule has 1 heterocycles. The van der Waals surface area contributed by atoms with Crippen molar-refractivity contribution in [3.05, 3.63) is 47.3 Å². The van der Waals surface area contributed by atoms with E-state index in [9.17, 15) is 9.59 Å². The number of nitrogens with zero attached hydrogens (tertiary/aromatic N) is 2. The van der Waals surface area contributed by atoms with Crippen molar-refractivity contribution in [3.8, 4) is 5.75 Å². The summed E-state index contributed by atoms with van der Waals surface area (Å²) in [5.74, 6) is 1.74. The molecule has 1 aliphatic rings. The maximum absolute atomic E-state index is 12.6. The Labute approximate surface area is 162 Å². The Kier molecular flexibility index (Phi) is 5.75. The van der Waals surface area contributed by atoms with Gasteiger partial charge >= 0.3 is 0 Å². The number of aromatic nitrogens is 2. The van der Waals surface area contributed by atoms with Gasteiger partial charge in [-0.1, -0.05) is 36.4 Å². The second-order valence-electron chi connectivity index (χ2n) is 6.61. The number of Topliss-reactive ketones (excluding diaryl/α,β-unsaturated/α-hetero) is 2. The SMILES string of the molecule is COc1ccc2nc(C)nc(SCC(=O)C3=CC=C(C(C)C(C)=O)C3)c2c1. The molecule has 0 amide bonds. The van der Waals surface area contributed by atoms with E-state index >= 15 is 0 Å². The topological polar surface area (TPSA) is 69.2 Å². The Morgan fingerprint density at radius 1 is 1.26 bits per heavy atom. The molecule has 0 aliphatic heterocycles. The monoisotopic (exact) mass is 382 g/mol. The molecule has 0 bridgehead atoms. The van der Waals surface area contributed by atoms with Gasteiger partial charge in [0.25, 0.3) is 0 Å². The second kappa shape index (κ2) is 8.05. The van der Waals surface area contributed by atoms with E-state index in [4.69, 9.17) is 4.74 Å². The molecule has 0 saturated carbocycles. The predicted molar refractivity (Wildman–Crippen MR) is 107 cm³/mol. The Hall–Kier alpha value is -2.47. The number of ether oxygens (including phenoxy) is 1. The third kappa shape index (κ3) is 4.27. The third-order valence-electron chi connectivity index (χ3n) is 4.74. The first-order valence-corrected chi connectivity index (χ1v) is 9.76. The van der Waals surface area contributed by atoms with Crippen molar-refractivity contribution in [2.75, 3.05) is 12.9 Å². The van der Waals surface area contributed by atoms with Gasteiger partial charge in [-0.25, -0.2) is 9.97 Å². The zero-order chi connectivity index (χ0) is 19.6. The highest BCUT2D eigenvalue weighted by atomic mass is 32.2. The number of benzene rings is 1. The van der Waals surface area contributed by atoms with Crippen LogP contribution in [0, 0.1) is 12.8 Å². The number of thioether (sulfide) groups is 1. The molecule has 2 aromatic rings. The van der Waals surface area contributed by atoms with E-state index in [-0.39, 0.29) is 17.5 Å². The molecule has 0 saturated heterocycles. The molecular formula is C21H22N2O3S. The number of hydrogen-bond donors (Lipinski definition) is 0. The van der Waals surface area contributed by atoms with Crippen molar-refractivity contribution >= 4 is 34.2 Å². The largest absolute Gasteiger partial charge is 0.497 e. The van der Waals surface area contributed by atoms with Crippen LogP contribution in [0.1, 0.15) is 26.1 Å². The lowest BCUT2D eigenvalue weighted by molar-refractivity contribution is -0.119. The molecule has 1 atom stereocenters. The summed E-state index contributed by atoms with van der Waals surface area (Å²) in [5.41, 5.74) is 2.58. The van der Waals surface area contributed by atoms with Crippen LogP contribution >= 0.6 is 11.8 Å². The van der Waals surface area contributed by atoms with Crippen LogP contribution in [-0.4, -0.2) is 34.4 Å². The smallest absolute Gasteiger partial charge is 0.169 e. The summed E-state index contributed by atoms with van der Waals surface area (Å²) >= 11 is 1.41. The van der Waals surface area contributed by atoms with Crippen LogP contribution < -0.4 is 4.74 Å².